The Kier molecular flexibility index (Phi) is 3.04. The molecule has 1 aromatic heterocycles. The third-order valence-electron chi connectivity index (χ3n) is 2.03. The van der Waals surface area contributed by atoms with Crippen molar-refractivity contribution in [1.29, 1.82) is 0 Å². The van der Waals surface area contributed by atoms with Crippen LogP contribution in [-0.2, 0) is 6.61 Å². The number of carboxylic acids is 1. The van der Waals surface area contributed by atoms with Crippen molar-refractivity contribution in [3.8, 4) is 5.75 Å². The molecule has 1 heterocycles. The molecule has 0 aliphatic carbocycles. The van der Waals surface area contributed by atoms with Crippen molar-refractivity contribution in [3.05, 3.63) is 47.8 Å². The van der Waals surface area contributed by atoms with Crippen LogP contribution in [0.15, 0.2) is 30.5 Å². The summed E-state index contributed by atoms with van der Waals surface area (Å²) in [7, 11) is 0. The molecule has 0 atom stereocenters. The van der Waals surface area contributed by atoms with E-state index in [9.17, 15) is 9.18 Å². The van der Waals surface area contributed by atoms with Crippen LogP contribution in [0.25, 0.3) is 0 Å². The number of hydrogen-bond donors (Lipinski definition) is 2. The molecule has 5 nitrogen and oxygen atoms in total. The lowest BCUT2D eigenvalue weighted by Gasteiger charge is -2.03. The average molecular weight is 236 g/mol. The van der Waals surface area contributed by atoms with E-state index in [1.54, 1.807) is 6.07 Å². The second-order valence-corrected chi connectivity index (χ2v) is 3.29. The number of aromatic nitrogens is 2. The summed E-state index contributed by atoms with van der Waals surface area (Å²) in [5, 5.41) is 8.66. The predicted octanol–water partition coefficient (Wildman–Crippen LogP) is 1.83. The number of hydrogen-bond acceptors (Lipinski definition) is 3. The molecule has 0 saturated heterocycles. The Morgan fingerprint density at radius 1 is 1.53 bits per heavy atom. The van der Waals surface area contributed by atoms with Crippen LogP contribution in [0.1, 0.15) is 16.3 Å². The van der Waals surface area contributed by atoms with Crippen molar-refractivity contribution >= 4 is 5.97 Å². The summed E-state index contributed by atoms with van der Waals surface area (Å²) in [5.74, 6) is -0.757. The summed E-state index contributed by atoms with van der Waals surface area (Å²) < 4.78 is 18.1. The number of benzene rings is 1. The Balaban J connectivity index is 2.00. The van der Waals surface area contributed by atoms with Gasteiger partial charge < -0.3 is 14.8 Å². The van der Waals surface area contributed by atoms with Gasteiger partial charge in [-0.05, 0) is 12.1 Å². The molecule has 0 amide bonds. The monoisotopic (exact) mass is 236 g/mol. The molecule has 0 aliphatic rings. The Morgan fingerprint density at radius 3 is 3.00 bits per heavy atom. The lowest BCUT2D eigenvalue weighted by atomic mass is 10.3. The minimum absolute atomic E-state index is 0.0113. The van der Waals surface area contributed by atoms with Crippen LogP contribution in [0.3, 0.4) is 0 Å². The third kappa shape index (κ3) is 2.81. The highest BCUT2D eigenvalue weighted by Gasteiger charge is 2.07. The molecule has 88 valence electrons. The molecule has 0 bridgehead atoms. The third-order valence-corrected chi connectivity index (χ3v) is 2.03. The van der Waals surface area contributed by atoms with Crippen LogP contribution >= 0.6 is 0 Å². The number of nitrogens with zero attached hydrogens (tertiary/aromatic N) is 1. The smallest absolute Gasteiger partial charge is 0.353 e. The van der Waals surface area contributed by atoms with Gasteiger partial charge in [0, 0.05) is 6.07 Å². The van der Waals surface area contributed by atoms with Crippen LogP contribution in [0.2, 0.25) is 0 Å². The van der Waals surface area contributed by atoms with E-state index in [2.05, 4.69) is 9.97 Å². The molecule has 17 heavy (non-hydrogen) atoms. The lowest BCUT2D eigenvalue weighted by Crippen LogP contribution is -2.00. The zero-order chi connectivity index (χ0) is 12.3. The minimum atomic E-state index is -1.09. The van der Waals surface area contributed by atoms with Crippen LogP contribution in [-0.4, -0.2) is 21.0 Å². The number of carboxylic acid groups (broad SMARTS) is 1. The summed E-state index contributed by atoms with van der Waals surface area (Å²) >= 11 is 0. The Hall–Kier alpha value is -2.37. The lowest BCUT2D eigenvalue weighted by molar-refractivity contribution is 0.0691. The van der Waals surface area contributed by atoms with Crippen molar-refractivity contribution in [3.63, 3.8) is 0 Å². The van der Waals surface area contributed by atoms with Gasteiger partial charge in [0.15, 0.2) is 0 Å². The largest absolute Gasteiger partial charge is 0.486 e. The topological polar surface area (TPSA) is 75.2 Å². The first kappa shape index (κ1) is 11.1. The summed E-state index contributed by atoms with van der Waals surface area (Å²) in [6.07, 6.45) is 1.20. The van der Waals surface area contributed by atoms with E-state index < -0.39 is 11.8 Å². The zero-order valence-electron chi connectivity index (χ0n) is 8.68. The van der Waals surface area contributed by atoms with Gasteiger partial charge in [-0.25, -0.2) is 14.2 Å². The van der Waals surface area contributed by atoms with Crippen LogP contribution in [0.5, 0.6) is 5.75 Å². The maximum Gasteiger partial charge on any atom is 0.353 e. The van der Waals surface area contributed by atoms with E-state index in [1.165, 1.54) is 24.4 Å². The van der Waals surface area contributed by atoms with Gasteiger partial charge in [-0.15, -0.1) is 0 Å². The first-order chi connectivity index (χ1) is 8.15. The Morgan fingerprint density at radius 2 is 2.35 bits per heavy atom. The van der Waals surface area contributed by atoms with E-state index in [0.717, 1.165) is 0 Å². The second kappa shape index (κ2) is 4.65. The Bertz CT molecular complexity index is 539. The van der Waals surface area contributed by atoms with Gasteiger partial charge in [-0.3, -0.25) is 0 Å². The molecule has 6 heteroatoms. The quantitative estimate of drug-likeness (QED) is 0.849. The average Bonchev–Trinajstić information content (AvgIpc) is 2.75. The van der Waals surface area contributed by atoms with E-state index in [1.807, 2.05) is 0 Å². The fraction of sp³-hybridized carbons (Fsp3) is 0.0909. The molecule has 1 aromatic carbocycles. The zero-order valence-corrected chi connectivity index (χ0v) is 8.68. The maximum atomic E-state index is 12.8. The SMILES string of the molecule is O=C(O)c1cnc(COc2cccc(F)c2)[nH]1. The van der Waals surface area contributed by atoms with Crippen molar-refractivity contribution in [2.45, 2.75) is 6.61 Å². The van der Waals surface area contributed by atoms with Crippen LogP contribution < -0.4 is 4.74 Å². The first-order valence-corrected chi connectivity index (χ1v) is 4.80. The summed E-state index contributed by atoms with van der Waals surface area (Å²) in [4.78, 5) is 17.0. The van der Waals surface area contributed by atoms with Gasteiger partial charge in [0.1, 0.15) is 29.7 Å². The molecule has 0 aliphatic heterocycles. The molecule has 2 aromatic rings. The molecular formula is C11H9FN2O3. The number of halogens is 1. The molecule has 0 saturated carbocycles. The second-order valence-electron chi connectivity index (χ2n) is 3.29. The van der Waals surface area contributed by atoms with Crippen molar-refractivity contribution < 1.29 is 19.0 Å². The number of rotatable bonds is 4. The minimum Gasteiger partial charge on any atom is -0.486 e. The molecule has 2 N–H and O–H groups in total. The first-order valence-electron chi connectivity index (χ1n) is 4.80. The highest BCUT2D eigenvalue weighted by atomic mass is 19.1. The summed E-state index contributed by atoms with van der Waals surface area (Å²) in [5.41, 5.74) is -0.0113. The molecule has 0 fully saturated rings. The van der Waals surface area contributed by atoms with Crippen LogP contribution in [0, 0.1) is 5.82 Å². The highest BCUT2D eigenvalue weighted by Crippen LogP contribution is 2.13. The molecule has 0 radical (unpaired) electrons. The standard InChI is InChI=1S/C11H9FN2O3/c12-7-2-1-3-8(4-7)17-6-10-13-5-9(14-10)11(15)16/h1-5H,6H2,(H,13,14)(H,15,16). The van der Waals surface area contributed by atoms with Gasteiger partial charge >= 0.3 is 5.97 Å². The number of aromatic carboxylic acids is 1. The van der Waals surface area contributed by atoms with E-state index in [0.29, 0.717) is 11.6 Å². The molecule has 0 spiro atoms. The Labute approximate surface area is 95.9 Å². The number of carbonyl (C=O) groups is 1. The van der Waals surface area contributed by atoms with Gasteiger partial charge in [0.2, 0.25) is 0 Å². The van der Waals surface area contributed by atoms with Gasteiger partial charge in [-0.2, -0.15) is 0 Å². The van der Waals surface area contributed by atoms with Crippen LogP contribution in [0.4, 0.5) is 4.39 Å². The predicted molar refractivity (Wildman–Crippen MR) is 56.3 cm³/mol. The number of nitrogens with one attached hydrogen (secondary N) is 1. The number of ether oxygens (including phenoxy) is 1. The molecule has 0 unspecified atom stereocenters. The van der Waals surface area contributed by atoms with E-state index in [-0.39, 0.29) is 12.3 Å². The number of imidazole rings is 1. The van der Waals surface area contributed by atoms with E-state index >= 15 is 0 Å². The normalized spacial score (nSPS) is 10.2. The van der Waals surface area contributed by atoms with Gasteiger partial charge in [-0.1, -0.05) is 6.07 Å². The fourth-order valence-corrected chi connectivity index (χ4v) is 1.25. The van der Waals surface area contributed by atoms with Gasteiger partial charge in [0.05, 0.1) is 6.20 Å². The number of aromatic amines is 1. The maximum absolute atomic E-state index is 12.8. The van der Waals surface area contributed by atoms with Crippen molar-refractivity contribution in [2.75, 3.05) is 0 Å². The molecular weight excluding hydrogens is 227 g/mol. The number of H-pyrrole nitrogens is 1. The fourth-order valence-electron chi connectivity index (χ4n) is 1.25. The summed E-state index contributed by atoms with van der Waals surface area (Å²) in [6, 6.07) is 5.67. The van der Waals surface area contributed by atoms with Crippen molar-refractivity contribution in [2.24, 2.45) is 0 Å². The molecule has 2 rings (SSSR count). The van der Waals surface area contributed by atoms with Gasteiger partial charge in [0.25, 0.3) is 0 Å². The summed E-state index contributed by atoms with van der Waals surface area (Å²) in [6.45, 7) is 0.0523. The van der Waals surface area contributed by atoms with Crippen molar-refractivity contribution in [1.82, 2.24) is 9.97 Å². The highest BCUT2D eigenvalue weighted by molar-refractivity contribution is 5.84. The van der Waals surface area contributed by atoms with E-state index in [4.69, 9.17) is 9.84 Å².